The van der Waals surface area contributed by atoms with E-state index >= 15 is 0 Å². The third kappa shape index (κ3) is 2.24. The van der Waals surface area contributed by atoms with Crippen LogP contribution in [0.5, 0.6) is 0 Å². The lowest BCUT2D eigenvalue weighted by Crippen LogP contribution is -2.43. The average Bonchev–Trinajstić information content (AvgIpc) is 3.14. The number of nitrogens with zero attached hydrogens (tertiary/aromatic N) is 5. The van der Waals surface area contributed by atoms with Crippen molar-refractivity contribution >= 4 is 11.6 Å². The second kappa shape index (κ2) is 4.70. The number of anilines is 1. The van der Waals surface area contributed by atoms with Crippen LogP contribution in [0.1, 0.15) is 31.4 Å². The second-order valence-electron chi connectivity index (χ2n) is 5.93. The molecule has 2 fully saturated rings. The summed E-state index contributed by atoms with van der Waals surface area (Å²) in [6, 6.07) is 3.60. The zero-order valence-corrected chi connectivity index (χ0v) is 11.8. The van der Waals surface area contributed by atoms with Crippen molar-refractivity contribution < 1.29 is 0 Å². The molecule has 0 unspecified atom stereocenters. The molecule has 1 N–H and O–H groups in total. The minimum Gasteiger partial charge on any atom is -0.356 e. The highest BCUT2D eigenvalue weighted by molar-refractivity contribution is 5.47. The standard InChI is InChI=1S/C14H20N6/c1-10-8-13(20-14(17-10)15-9-16-20)19-6-4-12(5-7-19)18-11-2-3-11/h8-9,11-12,18H,2-7H2,1H3. The molecule has 0 aromatic carbocycles. The lowest BCUT2D eigenvalue weighted by molar-refractivity contribution is 0.410. The summed E-state index contributed by atoms with van der Waals surface area (Å²) >= 11 is 0. The lowest BCUT2D eigenvalue weighted by Gasteiger charge is -2.34. The van der Waals surface area contributed by atoms with E-state index in [0.717, 1.165) is 30.6 Å². The molecule has 6 heteroatoms. The highest BCUT2D eigenvalue weighted by atomic mass is 15.4. The molecule has 2 aliphatic rings. The van der Waals surface area contributed by atoms with Crippen LogP contribution in [-0.4, -0.2) is 44.8 Å². The van der Waals surface area contributed by atoms with Gasteiger partial charge in [0.1, 0.15) is 12.1 Å². The maximum atomic E-state index is 4.40. The fourth-order valence-corrected chi connectivity index (χ4v) is 3.00. The number of hydrogen-bond acceptors (Lipinski definition) is 5. The molecule has 1 saturated carbocycles. The van der Waals surface area contributed by atoms with E-state index in [4.69, 9.17) is 0 Å². The van der Waals surface area contributed by atoms with Crippen LogP contribution in [0, 0.1) is 6.92 Å². The first kappa shape index (κ1) is 12.1. The number of aromatic nitrogens is 4. The maximum absolute atomic E-state index is 4.40. The van der Waals surface area contributed by atoms with Gasteiger partial charge >= 0.3 is 0 Å². The van der Waals surface area contributed by atoms with Gasteiger partial charge in [-0.2, -0.15) is 14.6 Å². The summed E-state index contributed by atoms with van der Waals surface area (Å²) in [6.45, 7) is 4.16. The molecule has 6 nitrogen and oxygen atoms in total. The van der Waals surface area contributed by atoms with E-state index in [2.05, 4.69) is 31.3 Å². The zero-order chi connectivity index (χ0) is 13.5. The molecular formula is C14H20N6. The molecule has 2 aromatic heterocycles. The second-order valence-corrected chi connectivity index (χ2v) is 5.93. The molecule has 0 amide bonds. The molecule has 1 saturated heterocycles. The van der Waals surface area contributed by atoms with Gasteiger partial charge in [0.25, 0.3) is 5.78 Å². The summed E-state index contributed by atoms with van der Waals surface area (Å²) in [5, 5.41) is 8.03. The van der Waals surface area contributed by atoms with Crippen LogP contribution < -0.4 is 10.2 Å². The largest absolute Gasteiger partial charge is 0.356 e. The molecule has 2 aromatic rings. The minimum atomic E-state index is 0.688. The van der Waals surface area contributed by atoms with E-state index in [1.807, 2.05) is 11.4 Å². The summed E-state index contributed by atoms with van der Waals surface area (Å²) in [5.74, 6) is 1.81. The Kier molecular flexibility index (Phi) is 2.84. The Hall–Kier alpha value is -1.69. The van der Waals surface area contributed by atoms with Gasteiger partial charge in [0.05, 0.1) is 0 Å². The van der Waals surface area contributed by atoms with Gasteiger partial charge in [-0.25, -0.2) is 4.98 Å². The van der Waals surface area contributed by atoms with Crippen molar-refractivity contribution in [2.75, 3.05) is 18.0 Å². The van der Waals surface area contributed by atoms with Gasteiger partial charge in [-0.3, -0.25) is 0 Å². The number of piperidine rings is 1. The van der Waals surface area contributed by atoms with Gasteiger partial charge in [0, 0.05) is 36.9 Å². The van der Waals surface area contributed by atoms with E-state index in [-0.39, 0.29) is 0 Å². The van der Waals surface area contributed by atoms with Gasteiger partial charge in [0.15, 0.2) is 0 Å². The SMILES string of the molecule is Cc1cc(N2CCC(NC3CC3)CC2)n2ncnc2n1. The van der Waals surface area contributed by atoms with Gasteiger partial charge in [0.2, 0.25) is 0 Å². The first-order chi connectivity index (χ1) is 9.79. The van der Waals surface area contributed by atoms with Crippen LogP contribution in [0.15, 0.2) is 12.4 Å². The predicted octanol–water partition coefficient (Wildman–Crippen LogP) is 1.15. The number of rotatable bonds is 3. The van der Waals surface area contributed by atoms with E-state index < -0.39 is 0 Å². The van der Waals surface area contributed by atoms with Crippen molar-refractivity contribution in [3.63, 3.8) is 0 Å². The van der Waals surface area contributed by atoms with Gasteiger partial charge in [-0.05, 0) is 32.6 Å². The molecule has 20 heavy (non-hydrogen) atoms. The summed E-state index contributed by atoms with van der Waals surface area (Å²) in [7, 11) is 0. The zero-order valence-electron chi connectivity index (χ0n) is 11.8. The van der Waals surface area contributed by atoms with Crippen LogP contribution >= 0.6 is 0 Å². The summed E-state index contributed by atoms with van der Waals surface area (Å²) < 4.78 is 1.85. The molecule has 0 bridgehead atoms. The fraction of sp³-hybridized carbons (Fsp3) is 0.643. The van der Waals surface area contributed by atoms with E-state index in [1.165, 1.54) is 25.7 Å². The third-order valence-electron chi connectivity index (χ3n) is 4.23. The van der Waals surface area contributed by atoms with Crippen molar-refractivity contribution in [3.05, 3.63) is 18.1 Å². The highest BCUT2D eigenvalue weighted by Gasteiger charge is 2.27. The van der Waals surface area contributed by atoms with Gasteiger partial charge in [-0.15, -0.1) is 0 Å². The molecule has 0 radical (unpaired) electrons. The van der Waals surface area contributed by atoms with Crippen molar-refractivity contribution in [1.29, 1.82) is 0 Å². The topological polar surface area (TPSA) is 58.4 Å². The van der Waals surface area contributed by atoms with Crippen molar-refractivity contribution in [2.45, 2.75) is 44.7 Å². The first-order valence-corrected chi connectivity index (χ1v) is 7.48. The molecule has 3 heterocycles. The Morgan fingerprint density at radius 3 is 2.65 bits per heavy atom. The van der Waals surface area contributed by atoms with Gasteiger partial charge < -0.3 is 10.2 Å². The van der Waals surface area contributed by atoms with Crippen LogP contribution in [-0.2, 0) is 0 Å². The Labute approximate surface area is 118 Å². The Morgan fingerprint density at radius 1 is 1.15 bits per heavy atom. The van der Waals surface area contributed by atoms with Crippen molar-refractivity contribution in [1.82, 2.24) is 24.9 Å². The smallest absolute Gasteiger partial charge is 0.254 e. The molecule has 4 rings (SSSR count). The number of nitrogens with one attached hydrogen (secondary N) is 1. The monoisotopic (exact) mass is 272 g/mol. The lowest BCUT2D eigenvalue weighted by atomic mass is 10.0. The van der Waals surface area contributed by atoms with E-state index in [0.29, 0.717) is 11.8 Å². The summed E-state index contributed by atoms with van der Waals surface area (Å²) in [4.78, 5) is 11.0. The summed E-state index contributed by atoms with van der Waals surface area (Å²) in [5.41, 5.74) is 0.999. The Morgan fingerprint density at radius 2 is 1.90 bits per heavy atom. The van der Waals surface area contributed by atoms with E-state index in [9.17, 15) is 0 Å². The number of fused-ring (bicyclic) bond motifs is 1. The summed E-state index contributed by atoms with van der Waals surface area (Å²) in [6.07, 6.45) is 6.71. The van der Waals surface area contributed by atoms with Crippen molar-refractivity contribution in [3.8, 4) is 0 Å². The normalized spacial score (nSPS) is 20.8. The first-order valence-electron chi connectivity index (χ1n) is 7.48. The quantitative estimate of drug-likeness (QED) is 0.908. The number of aryl methyl sites for hydroxylation is 1. The highest BCUT2D eigenvalue weighted by Crippen LogP contribution is 2.24. The Balaban J connectivity index is 1.53. The third-order valence-corrected chi connectivity index (χ3v) is 4.23. The fourth-order valence-electron chi connectivity index (χ4n) is 3.00. The molecular weight excluding hydrogens is 252 g/mol. The van der Waals surface area contributed by atoms with Crippen LogP contribution in [0.3, 0.4) is 0 Å². The van der Waals surface area contributed by atoms with Gasteiger partial charge in [-0.1, -0.05) is 0 Å². The van der Waals surface area contributed by atoms with Crippen molar-refractivity contribution in [2.24, 2.45) is 0 Å². The van der Waals surface area contributed by atoms with Crippen LogP contribution in [0.25, 0.3) is 5.78 Å². The maximum Gasteiger partial charge on any atom is 0.254 e. The van der Waals surface area contributed by atoms with Crippen LogP contribution in [0.4, 0.5) is 5.82 Å². The van der Waals surface area contributed by atoms with E-state index in [1.54, 1.807) is 6.33 Å². The molecule has 0 spiro atoms. The molecule has 1 aliphatic heterocycles. The minimum absolute atomic E-state index is 0.688. The average molecular weight is 272 g/mol. The molecule has 106 valence electrons. The Bertz CT molecular complexity index is 609. The molecule has 1 aliphatic carbocycles. The predicted molar refractivity (Wildman–Crippen MR) is 76.9 cm³/mol. The number of hydrogen-bond donors (Lipinski definition) is 1. The molecule has 0 atom stereocenters. The van der Waals surface area contributed by atoms with Crippen LogP contribution in [0.2, 0.25) is 0 Å².